The molecule has 2 atom stereocenters. The molecule has 1 heterocycles. The monoisotopic (exact) mass is 296 g/mol. The highest BCUT2D eigenvalue weighted by molar-refractivity contribution is 5.94. The average Bonchev–Trinajstić information content (AvgIpc) is 2.75. The fourth-order valence-corrected chi connectivity index (χ4v) is 3.11. The van der Waals surface area contributed by atoms with E-state index in [1.54, 1.807) is 0 Å². The van der Waals surface area contributed by atoms with Gasteiger partial charge >= 0.3 is 11.9 Å². The molecular formula is C18H32O3. The van der Waals surface area contributed by atoms with Crippen molar-refractivity contribution in [3.8, 4) is 0 Å². The van der Waals surface area contributed by atoms with E-state index in [1.165, 1.54) is 57.8 Å². The second-order valence-electron chi connectivity index (χ2n) is 6.65. The van der Waals surface area contributed by atoms with E-state index in [0.717, 1.165) is 12.8 Å². The first-order chi connectivity index (χ1) is 10.1. The van der Waals surface area contributed by atoms with Crippen molar-refractivity contribution in [2.75, 3.05) is 0 Å². The summed E-state index contributed by atoms with van der Waals surface area (Å²) in [5.74, 6) is -0.316. The Balaban J connectivity index is 1.93. The molecule has 0 amide bonds. The second-order valence-corrected chi connectivity index (χ2v) is 6.65. The summed E-state index contributed by atoms with van der Waals surface area (Å²) in [6, 6.07) is 0. The third kappa shape index (κ3) is 8.23. The lowest BCUT2D eigenvalue weighted by Gasteiger charge is -2.13. The Bertz CT molecular complexity index is 312. The van der Waals surface area contributed by atoms with Crippen molar-refractivity contribution >= 4 is 11.9 Å². The Kier molecular flexibility index (Phi) is 9.36. The molecule has 21 heavy (non-hydrogen) atoms. The topological polar surface area (TPSA) is 43.4 Å². The number of ether oxygens (including phenoxy) is 1. The lowest BCUT2D eigenvalue weighted by molar-refractivity contribution is -0.153. The summed E-state index contributed by atoms with van der Waals surface area (Å²) in [5.41, 5.74) is 0. The van der Waals surface area contributed by atoms with Gasteiger partial charge in [-0.15, -0.1) is 0 Å². The van der Waals surface area contributed by atoms with Gasteiger partial charge in [-0.1, -0.05) is 78.1 Å². The zero-order chi connectivity index (χ0) is 15.5. The van der Waals surface area contributed by atoms with Crippen LogP contribution in [-0.2, 0) is 14.3 Å². The van der Waals surface area contributed by atoms with Gasteiger partial charge in [-0.05, 0) is 12.3 Å². The van der Waals surface area contributed by atoms with E-state index < -0.39 is 0 Å². The summed E-state index contributed by atoms with van der Waals surface area (Å²) in [4.78, 5) is 22.4. The molecule has 0 N–H and O–H groups in total. The molecule has 1 rings (SSSR count). The first-order valence-corrected chi connectivity index (χ1v) is 8.88. The SMILES string of the molecule is CCCCCCCCCCC[C@@H](C)CC1CC(=O)OC1=O. The highest BCUT2D eigenvalue weighted by atomic mass is 16.6. The van der Waals surface area contributed by atoms with Gasteiger partial charge in [0, 0.05) is 0 Å². The number of esters is 2. The van der Waals surface area contributed by atoms with Gasteiger partial charge in [0.2, 0.25) is 0 Å². The molecule has 1 fully saturated rings. The Hall–Kier alpha value is -0.860. The van der Waals surface area contributed by atoms with Crippen LogP contribution in [0.5, 0.6) is 0 Å². The summed E-state index contributed by atoms with van der Waals surface area (Å²) >= 11 is 0. The third-order valence-electron chi connectivity index (χ3n) is 4.45. The first-order valence-electron chi connectivity index (χ1n) is 8.88. The molecule has 122 valence electrons. The predicted molar refractivity (Wildman–Crippen MR) is 84.8 cm³/mol. The quantitative estimate of drug-likeness (QED) is 0.288. The molecule has 0 aromatic heterocycles. The molecule has 3 heteroatoms. The zero-order valence-corrected chi connectivity index (χ0v) is 13.9. The van der Waals surface area contributed by atoms with Crippen LogP contribution in [0.2, 0.25) is 0 Å². The molecular weight excluding hydrogens is 264 g/mol. The maximum Gasteiger partial charge on any atom is 0.317 e. The minimum absolute atomic E-state index is 0.175. The van der Waals surface area contributed by atoms with Crippen molar-refractivity contribution in [3.63, 3.8) is 0 Å². The van der Waals surface area contributed by atoms with Crippen molar-refractivity contribution in [1.82, 2.24) is 0 Å². The van der Waals surface area contributed by atoms with Crippen LogP contribution in [0.15, 0.2) is 0 Å². The Labute approximate surface area is 129 Å². The number of hydrogen-bond acceptors (Lipinski definition) is 3. The molecule has 0 aliphatic carbocycles. The zero-order valence-electron chi connectivity index (χ0n) is 13.9. The molecule has 0 bridgehead atoms. The van der Waals surface area contributed by atoms with Gasteiger partial charge in [-0.3, -0.25) is 9.59 Å². The van der Waals surface area contributed by atoms with Crippen LogP contribution >= 0.6 is 0 Å². The van der Waals surface area contributed by atoms with Crippen molar-refractivity contribution in [3.05, 3.63) is 0 Å². The lowest BCUT2D eigenvalue weighted by atomic mass is 9.90. The highest BCUT2D eigenvalue weighted by Gasteiger charge is 2.33. The van der Waals surface area contributed by atoms with E-state index in [0.29, 0.717) is 12.3 Å². The van der Waals surface area contributed by atoms with Crippen molar-refractivity contribution < 1.29 is 14.3 Å². The standard InChI is InChI=1S/C18H32O3/c1-3-4-5-6-7-8-9-10-11-12-15(2)13-16-14-17(19)21-18(16)20/h15-16H,3-14H2,1-2H3/t15-,16?/m1/s1. The molecule has 1 saturated heterocycles. The molecule has 0 aromatic rings. The summed E-state index contributed by atoms with van der Waals surface area (Å²) in [7, 11) is 0. The minimum Gasteiger partial charge on any atom is -0.393 e. The normalized spacial score (nSPS) is 19.8. The second kappa shape index (κ2) is 10.8. The maximum absolute atomic E-state index is 11.4. The molecule has 1 aliphatic heterocycles. The van der Waals surface area contributed by atoms with Crippen molar-refractivity contribution in [1.29, 1.82) is 0 Å². The first kappa shape index (κ1) is 18.2. The molecule has 3 nitrogen and oxygen atoms in total. The van der Waals surface area contributed by atoms with Gasteiger partial charge in [-0.25, -0.2) is 0 Å². The summed E-state index contributed by atoms with van der Waals surface area (Å²) in [6.07, 6.45) is 14.4. The third-order valence-corrected chi connectivity index (χ3v) is 4.45. The van der Waals surface area contributed by atoms with E-state index in [9.17, 15) is 9.59 Å². The van der Waals surface area contributed by atoms with E-state index in [2.05, 4.69) is 18.6 Å². The van der Waals surface area contributed by atoms with Crippen LogP contribution in [0.4, 0.5) is 0 Å². The predicted octanol–water partition coefficient (Wildman–Crippen LogP) is 5.02. The minimum atomic E-state index is -0.347. The maximum atomic E-state index is 11.4. The summed E-state index contributed by atoms with van der Waals surface area (Å²) in [5, 5.41) is 0. The van der Waals surface area contributed by atoms with Crippen LogP contribution in [0.3, 0.4) is 0 Å². The smallest absolute Gasteiger partial charge is 0.317 e. The van der Waals surface area contributed by atoms with Crippen LogP contribution in [0.1, 0.15) is 90.9 Å². The number of rotatable bonds is 12. The largest absolute Gasteiger partial charge is 0.393 e. The van der Waals surface area contributed by atoms with E-state index >= 15 is 0 Å². The number of carbonyl (C=O) groups is 2. The fourth-order valence-electron chi connectivity index (χ4n) is 3.11. The highest BCUT2D eigenvalue weighted by Crippen LogP contribution is 2.26. The van der Waals surface area contributed by atoms with E-state index in [-0.39, 0.29) is 17.9 Å². The number of cyclic esters (lactones) is 2. The molecule has 0 aromatic carbocycles. The summed E-state index contributed by atoms with van der Waals surface area (Å²) in [6.45, 7) is 4.43. The summed E-state index contributed by atoms with van der Waals surface area (Å²) < 4.78 is 4.59. The number of carbonyl (C=O) groups excluding carboxylic acids is 2. The van der Waals surface area contributed by atoms with Crippen LogP contribution in [0, 0.1) is 11.8 Å². The Morgan fingerprint density at radius 2 is 1.57 bits per heavy atom. The van der Waals surface area contributed by atoms with Gasteiger partial charge in [0.1, 0.15) is 0 Å². The molecule has 0 radical (unpaired) electrons. The van der Waals surface area contributed by atoms with Gasteiger partial charge in [0.05, 0.1) is 12.3 Å². The van der Waals surface area contributed by atoms with Crippen molar-refractivity contribution in [2.45, 2.75) is 90.9 Å². The Morgan fingerprint density at radius 3 is 2.10 bits per heavy atom. The van der Waals surface area contributed by atoms with Gasteiger partial charge in [0.25, 0.3) is 0 Å². The van der Waals surface area contributed by atoms with Crippen LogP contribution in [-0.4, -0.2) is 11.9 Å². The molecule has 1 aliphatic rings. The van der Waals surface area contributed by atoms with E-state index in [1.807, 2.05) is 0 Å². The lowest BCUT2D eigenvalue weighted by Crippen LogP contribution is -2.11. The number of unbranched alkanes of at least 4 members (excludes halogenated alkanes) is 8. The Morgan fingerprint density at radius 1 is 1.00 bits per heavy atom. The van der Waals surface area contributed by atoms with Crippen LogP contribution in [0.25, 0.3) is 0 Å². The van der Waals surface area contributed by atoms with Gasteiger partial charge in [0.15, 0.2) is 0 Å². The van der Waals surface area contributed by atoms with Crippen LogP contribution < -0.4 is 0 Å². The van der Waals surface area contributed by atoms with Gasteiger partial charge in [-0.2, -0.15) is 0 Å². The molecule has 1 unspecified atom stereocenters. The fraction of sp³-hybridized carbons (Fsp3) is 0.889. The molecule has 0 spiro atoms. The van der Waals surface area contributed by atoms with Crippen molar-refractivity contribution in [2.24, 2.45) is 11.8 Å². The van der Waals surface area contributed by atoms with E-state index in [4.69, 9.17) is 0 Å². The number of hydrogen-bond donors (Lipinski definition) is 0. The average molecular weight is 296 g/mol. The molecule has 0 saturated carbocycles. The van der Waals surface area contributed by atoms with Gasteiger partial charge < -0.3 is 4.74 Å².